The van der Waals surface area contributed by atoms with E-state index in [-0.39, 0.29) is 12.2 Å². The van der Waals surface area contributed by atoms with E-state index in [4.69, 9.17) is 4.74 Å². The first-order valence-corrected chi connectivity index (χ1v) is 10.9. The van der Waals surface area contributed by atoms with Crippen LogP contribution in [0.1, 0.15) is 22.8 Å². The molecule has 0 fully saturated rings. The van der Waals surface area contributed by atoms with E-state index >= 15 is 0 Å². The van der Waals surface area contributed by atoms with Gasteiger partial charge < -0.3 is 4.74 Å². The average molecular weight is 411 g/mol. The first-order chi connectivity index (χ1) is 13.7. The molecule has 0 saturated carbocycles. The maximum absolute atomic E-state index is 12.5. The molecule has 0 heterocycles. The minimum Gasteiger partial charge on any atom is -0.454 e. The molecule has 1 atom stereocenters. The van der Waals surface area contributed by atoms with Crippen molar-refractivity contribution in [1.29, 1.82) is 0 Å². The van der Waals surface area contributed by atoms with Crippen LogP contribution in [0.3, 0.4) is 0 Å². The number of Topliss-reactive ketones (excluding diaryl/α,β-unsaturated/α-hetero) is 1. The summed E-state index contributed by atoms with van der Waals surface area (Å²) < 4.78 is 30.1. The van der Waals surface area contributed by atoms with Gasteiger partial charge in [0, 0.05) is 11.3 Å². The lowest BCUT2D eigenvalue weighted by atomic mass is 10.0. The molecule has 29 heavy (non-hydrogen) atoms. The highest BCUT2D eigenvalue weighted by Gasteiger charge is 2.20. The van der Waals surface area contributed by atoms with Gasteiger partial charge in [0.05, 0.1) is 12.7 Å². The van der Waals surface area contributed by atoms with Crippen LogP contribution in [0.25, 0.3) is 10.8 Å². The van der Waals surface area contributed by atoms with Crippen LogP contribution in [0.2, 0.25) is 0 Å². The van der Waals surface area contributed by atoms with Gasteiger partial charge in [-0.2, -0.15) is 0 Å². The molecule has 0 saturated heterocycles. The van der Waals surface area contributed by atoms with Crippen molar-refractivity contribution in [3.8, 4) is 0 Å². The van der Waals surface area contributed by atoms with Crippen molar-refractivity contribution in [2.75, 3.05) is 11.0 Å². The van der Waals surface area contributed by atoms with E-state index in [2.05, 4.69) is 4.72 Å². The summed E-state index contributed by atoms with van der Waals surface area (Å²) in [6.07, 6.45) is 0.166. The Morgan fingerprint density at radius 2 is 1.62 bits per heavy atom. The summed E-state index contributed by atoms with van der Waals surface area (Å²) in [6, 6.07) is 19.5. The van der Waals surface area contributed by atoms with Crippen LogP contribution in [-0.2, 0) is 26.0 Å². The number of ether oxygens (including phenoxy) is 1. The Morgan fingerprint density at radius 3 is 2.28 bits per heavy atom. The Kier molecular flexibility index (Phi) is 5.98. The minimum absolute atomic E-state index is 0.0691. The van der Waals surface area contributed by atoms with Crippen LogP contribution >= 0.6 is 0 Å². The van der Waals surface area contributed by atoms with Crippen LogP contribution in [-0.4, -0.2) is 32.5 Å². The summed E-state index contributed by atoms with van der Waals surface area (Å²) in [7, 11) is -3.39. The van der Waals surface area contributed by atoms with Crippen molar-refractivity contribution in [2.45, 2.75) is 19.4 Å². The molecular weight excluding hydrogens is 390 g/mol. The SMILES string of the molecule is CC(OC(=O)Cc1ccc2ccccc2c1)C(=O)c1ccc(NS(C)(=O)=O)cc1. The number of hydrogen-bond acceptors (Lipinski definition) is 5. The van der Waals surface area contributed by atoms with Crippen LogP contribution < -0.4 is 4.72 Å². The lowest BCUT2D eigenvalue weighted by Gasteiger charge is -2.13. The number of carbonyl (C=O) groups excluding carboxylic acids is 2. The quantitative estimate of drug-likeness (QED) is 0.474. The number of sulfonamides is 1. The number of benzene rings is 3. The largest absolute Gasteiger partial charge is 0.454 e. The molecule has 6 nitrogen and oxygen atoms in total. The topological polar surface area (TPSA) is 89.5 Å². The molecule has 0 aliphatic heterocycles. The zero-order valence-corrected chi connectivity index (χ0v) is 16.9. The Bertz CT molecular complexity index is 1150. The highest BCUT2D eigenvalue weighted by molar-refractivity contribution is 7.92. The van der Waals surface area contributed by atoms with Crippen LogP contribution in [0, 0.1) is 0 Å². The van der Waals surface area contributed by atoms with Gasteiger partial charge in [-0.15, -0.1) is 0 Å². The average Bonchev–Trinajstić information content (AvgIpc) is 2.66. The molecule has 0 bridgehead atoms. The molecule has 0 amide bonds. The molecule has 3 aromatic carbocycles. The predicted octanol–water partition coefficient (Wildman–Crippen LogP) is 3.57. The molecule has 7 heteroatoms. The second-order valence-electron chi connectivity index (χ2n) is 6.81. The normalized spacial score (nSPS) is 12.3. The van der Waals surface area contributed by atoms with E-state index in [0.717, 1.165) is 22.6 Å². The molecule has 1 unspecified atom stereocenters. The predicted molar refractivity (Wildman–Crippen MR) is 112 cm³/mol. The second kappa shape index (κ2) is 8.45. The maximum Gasteiger partial charge on any atom is 0.310 e. The summed E-state index contributed by atoms with van der Waals surface area (Å²) in [5, 5.41) is 2.12. The standard InChI is InChI=1S/C22H21NO5S/c1-15(22(25)18-9-11-20(12-10-18)23-29(2,26)27)28-21(24)14-16-7-8-17-5-3-4-6-19(17)13-16/h3-13,15,23H,14H2,1-2H3. The smallest absolute Gasteiger partial charge is 0.310 e. The number of carbonyl (C=O) groups is 2. The Hall–Kier alpha value is -3.19. The molecule has 0 aromatic heterocycles. The van der Waals surface area contributed by atoms with Gasteiger partial charge in [-0.1, -0.05) is 42.5 Å². The molecule has 3 aromatic rings. The second-order valence-corrected chi connectivity index (χ2v) is 8.55. The third-order valence-corrected chi connectivity index (χ3v) is 4.92. The molecule has 150 valence electrons. The van der Waals surface area contributed by atoms with E-state index in [1.165, 1.54) is 31.2 Å². The zero-order valence-electron chi connectivity index (χ0n) is 16.1. The Morgan fingerprint density at radius 1 is 0.966 bits per heavy atom. The van der Waals surface area contributed by atoms with Crippen molar-refractivity contribution in [3.05, 3.63) is 77.9 Å². The molecule has 0 aliphatic carbocycles. The Balaban J connectivity index is 1.61. The van der Waals surface area contributed by atoms with E-state index < -0.39 is 22.1 Å². The number of anilines is 1. The first kappa shape index (κ1) is 20.5. The number of esters is 1. The van der Waals surface area contributed by atoms with E-state index in [1.807, 2.05) is 42.5 Å². The van der Waals surface area contributed by atoms with Crippen molar-refractivity contribution >= 4 is 38.2 Å². The summed E-state index contributed by atoms with van der Waals surface area (Å²) >= 11 is 0. The number of fused-ring (bicyclic) bond motifs is 1. The van der Waals surface area contributed by atoms with Crippen LogP contribution in [0.5, 0.6) is 0 Å². The van der Waals surface area contributed by atoms with Gasteiger partial charge >= 0.3 is 5.97 Å². The third kappa shape index (κ3) is 5.65. The van der Waals surface area contributed by atoms with Gasteiger partial charge in [0.15, 0.2) is 6.10 Å². The zero-order chi connectivity index (χ0) is 21.0. The Labute approximate surface area is 169 Å². The van der Waals surface area contributed by atoms with Crippen molar-refractivity contribution in [1.82, 2.24) is 0 Å². The fourth-order valence-electron chi connectivity index (χ4n) is 2.96. The number of nitrogens with one attached hydrogen (secondary N) is 1. The van der Waals surface area contributed by atoms with E-state index in [1.54, 1.807) is 0 Å². The highest BCUT2D eigenvalue weighted by Crippen LogP contribution is 2.17. The molecule has 0 aliphatic rings. The van der Waals surface area contributed by atoms with Gasteiger partial charge in [0.25, 0.3) is 0 Å². The fourth-order valence-corrected chi connectivity index (χ4v) is 3.52. The van der Waals surface area contributed by atoms with Gasteiger partial charge in [-0.3, -0.25) is 14.3 Å². The first-order valence-electron chi connectivity index (χ1n) is 9.00. The summed E-state index contributed by atoms with van der Waals surface area (Å²) in [5.41, 5.74) is 1.49. The molecule has 3 rings (SSSR count). The van der Waals surface area contributed by atoms with Crippen LogP contribution in [0.15, 0.2) is 66.7 Å². The highest BCUT2D eigenvalue weighted by atomic mass is 32.2. The van der Waals surface area contributed by atoms with Gasteiger partial charge in [0.2, 0.25) is 15.8 Å². The number of ketones is 1. The minimum atomic E-state index is -3.39. The molecule has 1 N–H and O–H groups in total. The van der Waals surface area contributed by atoms with Crippen molar-refractivity contribution in [3.63, 3.8) is 0 Å². The monoisotopic (exact) mass is 411 g/mol. The summed E-state index contributed by atoms with van der Waals surface area (Å²) in [5.74, 6) is -0.848. The fraction of sp³-hybridized carbons (Fsp3) is 0.182. The van der Waals surface area contributed by atoms with Gasteiger partial charge in [-0.25, -0.2) is 8.42 Å². The van der Waals surface area contributed by atoms with Crippen LogP contribution in [0.4, 0.5) is 5.69 Å². The van der Waals surface area contributed by atoms with Gasteiger partial charge in [0.1, 0.15) is 0 Å². The van der Waals surface area contributed by atoms with E-state index in [9.17, 15) is 18.0 Å². The lowest BCUT2D eigenvalue weighted by molar-refractivity contribution is -0.145. The third-order valence-electron chi connectivity index (χ3n) is 4.31. The number of rotatable bonds is 7. The van der Waals surface area contributed by atoms with Crippen molar-refractivity contribution < 1.29 is 22.7 Å². The van der Waals surface area contributed by atoms with Gasteiger partial charge in [-0.05, 0) is 47.5 Å². The molecule has 0 radical (unpaired) electrons. The lowest BCUT2D eigenvalue weighted by Crippen LogP contribution is -2.25. The molecule has 0 spiro atoms. The summed E-state index contributed by atoms with van der Waals surface area (Å²) in [4.78, 5) is 24.7. The molecular formula is C22H21NO5S. The summed E-state index contributed by atoms with van der Waals surface area (Å²) in [6.45, 7) is 1.52. The van der Waals surface area contributed by atoms with E-state index in [0.29, 0.717) is 11.3 Å². The number of hydrogen-bond donors (Lipinski definition) is 1. The maximum atomic E-state index is 12.5. The van der Waals surface area contributed by atoms with Crippen molar-refractivity contribution in [2.24, 2.45) is 0 Å².